The van der Waals surface area contributed by atoms with Crippen LogP contribution >= 0.6 is 27.3 Å². The lowest BCUT2D eigenvalue weighted by atomic mass is 10.1. The molecule has 2 atom stereocenters. The van der Waals surface area contributed by atoms with Crippen LogP contribution in [0.2, 0.25) is 0 Å². The van der Waals surface area contributed by atoms with Crippen LogP contribution in [-0.2, 0) is 16.4 Å². The third-order valence-electron chi connectivity index (χ3n) is 3.29. The van der Waals surface area contributed by atoms with Gasteiger partial charge in [-0.25, -0.2) is 13.1 Å². The minimum atomic E-state index is -3.30. The Hall–Kier alpha value is 0.0900. The molecule has 0 spiro atoms. The van der Waals surface area contributed by atoms with Crippen LogP contribution in [0, 0.1) is 5.92 Å². The largest absolute Gasteiger partial charge is 0.250 e. The predicted octanol–water partition coefficient (Wildman–Crippen LogP) is 3.15. The Morgan fingerprint density at radius 1 is 1.44 bits per heavy atom. The summed E-state index contributed by atoms with van der Waals surface area (Å²) in [6, 6.07) is 3.59. The molecule has 0 saturated heterocycles. The molecule has 18 heavy (non-hydrogen) atoms. The average molecular weight is 352 g/mol. The van der Waals surface area contributed by atoms with Crippen molar-refractivity contribution in [2.24, 2.45) is 5.92 Å². The Kier molecular flexibility index (Phi) is 4.86. The highest BCUT2D eigenvalue weighted by Crippen LogP contribution is 2.30. The first kappa shape index (κ1) is 14.5. The van der Waals surface area contributed by atoms with Crippen LogP contribution < -0.4 is 4.72 Å². The van der Waals surface area contributed by atoms with Gasteiger partial charge in [0.1, 0.15) is 4.21 Å². The summed E-state index contributed by atoms with van der Waals surface area (Å²) in [4.78, 5) is 1.66. The van der Waals surface area contributed by atoms with Gasteiger partial charge in [0.15, 0.2) is 0 Å². The molecule has 1 aromatic rings. The number of halogens is 1. The monoisotopic (exact) mass is 351 g/mol. The summed E-state index contributed by atoms with van der Waals surface area (Å²) < 4.78 is 27.3. The van der Waals surface area contributed by atoms with Crippen LogP contribution in [0.25, 0.3) is 0 Å². The molecule has 102 valence electrons. The Bertz CT molecular complexity index is 498. The molecule has 6 heteroatoms. The molecule has 0 amide bonds. The van der Waals surface area contributed by atoms with Crippen LogP contribution in [0.3, 0.4) is 0 Å². The summed E-state index contributed by atoms with van der Waals surface area (Å²) in [7, 11) is -3.30. The van der Waals surface area contributed by atoms with E-state index in [1.54, 1.807) is 6.07 Å². The first-order chi connectivity index (χ1) is 8.51. The standard InChI is InChI=1S/C12H18BrNO2S2/c1-2-11-5-6-12(17-11)18(15,16)14-8-9-3-4-10(13)7-9/h5-6,9-10,14H,2-4,7-8H2,1H3. The number of aryl methyl sites for hydroxylation is 1. The molecule has 1 saturated carbocycles. The summed E-state index contributed by atoms with van der Waals surface area (Å²) in [5.41, 5.74) is 0. The molecule has 1 heterocycles. The zero-order valence-electron chi connectivity index (χ0n) is 10.4. The summed E-state index contributed by atoms with van der Waals surface area (Å²) in [5, 5.41) is 0. The van der Waals surface area contributed by atoms with E-state index in [4.69, 9.17) is 0 Å². The predicted molar refractivity (Wildman–Crippen MR) is 78.9 cm³/mol. The van der Waals surface area contributed by atoms with Crippen molar-refractivity contribution in [1.29, 1.82) is 0 Å². The van der Waals surface area contributed by atoms with E-state index in [0.29, 0.717) is 21.5 Å². The van der Waals surface area contributed by atoms with Gasteiger partial charge in [-0.05, 0) is 43.7 Å². The lowest BCUT2D eigenvalue weighted by Gasteiger charge is -2.10. The van der Waals surface area contributed by atoms with Crippen molar-refractivity contribution < 1.29 is 8.42 Å². The maximum Gasteiger partial charge on any atom is 0.250 e. The molecule has 1 N–H and O–H groups in total. The second-order valence-corrected chi connectivity index (χ2v) is 9.16. The van der Waals surface area contributed by atoms with Gasteiger partial charge >= 0.3 is 0 Å². The topological polar surface area (TPSA) is 46.2 Å². The number of hydrogen-bond acceptors (Lipinski definition) is 3. The third-order valence-corrected chi connectivity index (χ3v) is 7.27. The molecule has 0 aromatic carbocycles. The van der Waals surface area contributed by atoms with Crippen LogP contribution in [0.1, 0.15) is 31.1 Å². The van der Waals surface area contributed by atoms with Crippen LogP contribution in [0.4, 0.5) is 0 Å². The van der Waals surface area contributed by atoms with Crippen molar-refractivity contribution in [2.75, 3.05) is 6.54 Å². The van der Waals surface area contributed by atoms with E-state index in [2.05, 4.69) is 20.7 Å². The number of nitrogens with one attached hydrogen (secondary N) is 1. The normalized spacial score (nSPS) is 24.6. The summed E-state index contributed by atoms with van der Waals surface area (Å²) in [6.45, 7) is 2.59. The molecule has 2 rings (SSSR count). The van der Waals surface area contributed by atoms with Crippen LogP contribution in [-0.4, -0.2) is 19.8 Å². The van der Waals surface area contributed by atoms with Gasteiger partial charge in [-0.2, -0.15) is 0 Å². The van der Waals surface area contributed by atoms with Crippen molar-refractivity contribution in [3.8, 4) is 0 Å². The Morgan fingerprint density at radius 3 is 2.78 bits per heavy atom. The SMILES string of the molecule is CCc1ccc(S(=O)(=O)NCC2CCC(Br)C2)s1. The molecule has 1 fully saturated rings. The zero-order valence-corrected chi connectivity index (χ0v) is 13.6. The quantitative estimate of drug-likeness (QED) is 0.828. The minimum absolute atomic E-state index is 0.438. The lowest BCUT2D eigenvalue weighted by Crippen LogP contribution is -2.28. The molecular weight excluding hydrogens is 334 g/mol. The van der Waals surface area contributed by atoms with Crippen molar-refractivity contribution in [2.45, 2.75) is 41.6 Å². The zero-order chi connectivity index (χ0) is 13.2. The van der Waals surface area contributed by atoms with Crippen molar-refractivity contribution in [3.63, 3.8) is 0 Å². The van der Waals surface area contributed by atoms with E-state index >= 15 is 0 Å². The molecule has 1 aromatic heterocycles. The smallest absolute Gasteiger partial charge is 0.210 e. The number of hydrogen-bond donors (Lipinski definition) is 1. The van der Waals surface area contributed by atoms with Crippen molar-refractivity contribution in [3.05, 3.63) is 17.0 Å². The second-order valence-electron chi connectivity index (χ2n) is 4.70. The molecule has 1 aliphatic carbocycles. The third kappa shape index (κ3) is 3.56. The summed E-state index contributed by atoms with van der Waals surface area (Å²) in [6.07, 6.45) is 4.19. The minimum Gasteiger partial charge on any atom is -0.210 e. The van der Waals surface area contributed by atoms with E-state index in [1.165, 1.54) is 11.3 Å². The average Bonchev–Trinajstić information content (AvgIpc) is 2.95. The summed E-state index contributed by atoms with van der Waals surface area (Å²) in [5.74, 6) is 0.467. The lowest BCUT2D eigenvalue weighted by molar-refractivity contribution is 0.521. The van der Waals surface area contributed by atoms with E-state index in [1.807, 2.05) is 13.0 Å². The van der Waals surface area contributed by atoms with Crippen molar-refractivity contribution >= 4 is 37.3 Å². The molecule has 0 bridgehead atoms. The van der Waals surface area contributed by atoms with Gasteiger partial charge in [-0.1, -0.05) is 22.9 Å². The van der Waals surface area contributed by atoms with Gasteiger partial charge in [0.05, 0.1) is 0 Å². The maximum absolute atomic E-state index is 12.1. The highest BCUT2D eigenvalue weighted by molar-refractivity contribution is 9.09. The number of sulfonamides is 1. The molecule has 1 aliphatic rings. The van der Waals surface area contributed by atoms with Gasteiger partial charge in [0.2, 0.25) is 10.0 Å². The van der Waals surface area contributed by atoms with Gasteiger partial charge < -0.3 is 0 Å². The molecule has 0 radical (unpaired) electrons. The first-order valence-corrected chi connectivity index (χ1v) is 9.45. The van der Waals surface area contributed by atoms with E-state index in [0.717, 1.165) is 30.6 Å². The highest BCUT2D eigenvalue weighted by atomic mass is 79.9. The first-order valence-electron chi connectivity index (χ1n) is 6.23. The Labute approximate surface area is 121 Å². The fourth-order valence-corrected chi connectivity index (χ4v) is 5.44. The fourth-order valence-electron chi connectivity index (χ4n) is 2.19. The highest BCUT2D eigenvalue weighted by Gasteiger charge is 2.25. The van der Waals surface area contributed by atoms with Gasteiger partial charge in [0, 0.05) is 16.2 Å². The van der Waals surface area contributed by atoms with E-state index in [9.17, 15) is 8.42 Å². The number of rotatable bonds is 5. The van der Waals surface area contributed by atoms with E-state index < -0.39 is 10.0 Å². The second kappa shape index (κ2) is 6.03. The molecule has 0 aliphatic heterocycles. The Morgan fingerprint density at radius 2 is 2.22 bits per heavy atom. The number of alkyl halides is 1. The Balaban J connectivity index is 1.95. The molecule has 3 nitrogen and oxygen atoms in total. The van der Waals surface area contributed by atoms with Crippen LogP contribution in [0.15, 0.2) is 16.3 Å². The van der Waals surface area contributed by atoms with Gasteiger partial charge in [-0.15, -0.1) is 11.3 Å². The molecule has 2 unspecified atom stereocenters. The fraction of sp³-hybridized carbons (Fsp3) is 0.667. The van der Waals surface area contributed by atoms with Crippen molar-refractivity contribution in [1.82, 2.24) is 4.72 Å². The van der Waals surface area contributed by atoms with Crippen LogP contribution in [0.5, 0.6) is 0 Å². The maximum atomic E-state index is 12.1. The van der Waals surface area contributed by atoms with E-state index in [-0.39, 0.29) is 0 Å². The van der Waals surface area contributed by atoms with Gasteiger partial charge in [-0.3, -0.25) is 0 Å². The summed E-state index contributed by atoms with van der Waals surface area (Å²) >= 11 is 4.94. The number of thiophene rings is 1. The molecular formula is C12H18BrNO2S2. The van der Waals surface area contributed by atoms with Gasteiger partial charge in [0.25, 0.3) is 0 Å².